The van der Waals surface area contributed by atoms with E-state index in [1.54, 1.807) is 15.8 Å². The molecule has 4 atom stereocenters. The number of aryl methyl sites for hydroxylation is 1. The van der Waals surface area contributed by atoms with Crippen molar-refractivity contribution in [2.45, 2.75) is 56.4 Å². The van der Waals surface area contributed by atoms with Gasteiger partial charge in [-0.1, -0.05) is 12.1 Å². The van der Waals surface area contributed by atoms with Crippen LogP contribution in [0, 0.1) is 11.3 Å². The number of anilines is 3. The van der Waals surface area contributed by atoms with Crippen molar-refractivity contribution < 1.29 is 13.6 Å². The first-order valence-electron chi connectivity index (χ1n) is 10.4. The van der Waals surface area contributed by atoms with E-state index in [-0.39, 0.29) is 31.1 Å². The average Bonchev–Trinajstić information content (AvgIpc) is 2.88. The van der Waals surface area contributed by atoms with Gasteiger partial charge in [0.2, 0.25) is 5.91 Å². The van der Waals surface area contributed by atoms with E-state index in [4.69, 9.17) is 0 Å². The molecule has 4 saturated carbocycles. The third-order valence-corrected chi connectivity index (χ3v) is 7.42. The number of alkyl halides is 2. The first-order chi connectivity index (χ1) is 13.8. The molecule has 1 N–H and O–H groups in total. The first kappa shape index (κ1) is 17.4. The zero-order valence-corrected chi connectivity index (χ0v) is 16.4. The van der Waals surface area contributed by atoms with Crippen LogP contribution in [0.15, 0.2) is 30.5 Å². The van der Waals surface area contributed by atoms with E-state index in [1.807, 2.05) is 31.3 Å². The molecule has 5 nitrogen and oxygen atoms in total. The van der Waals surface area contributed by atoms with Crippen LogP contribution in [0.1, 0.15) is 44.1 Å². The van der Waals surface area contributed by atoms with E-state index in [2.05, 4.69) is 10.4 Å². The molecule has 0 spiro atoms. The van der Waals surface area contributed by atoms with Gasteiger partial charge in [-0.05, 0) is 50.2 Å². The lowest BCUT2D eigenvalue weighted by Gasteiger charge is -2.60. The molecule has 2 unspecified atom stereocenters. The molecule has 4 fully saturated rings. The molecule has 7 heteroatoms. The number of rotatable bonds is 1. The number of carbonyl (C=O) groups excluding carboxylic acids is 1. The molecule has 152 valence electrons. The van der Waals surface area contributed by atoms with Gasteiger partial charge in [0, 0.05) is 19.0 Å². The van der Waals surface area contributed by atoms with Crippen LogP contribution in [0.2, 0.25) is 0 Å². The summed E-state index contributed by atoms with van der Waals surface area (Å²) in [6.07, 6.45) is 3.39. The lowest BCUT2D eigenvalue weighted by Crippen LogP contribution is -2.64. The lowest BCUT2D eigenvalue weighted by molar-refractivity contribution is -0.183. The molecule has 0 saturated heterocycles. The molecular formula is C22H24F2N4O. The predicted octanol–water partition coefficient (Wildman–Crippen LogP) is 4.41. The van der Waals surface area contributed by atoms with Crippen molar-refractivity contribution in [3.63, 3.8) is 0 Å². The van der Waals surface area contributed by atoms with Crippen molar-refractivity contribution in [2.24, 2.45) is 18.4 Å². The van der Waals surface area contributed by atoms with Crippen molar-refractivity contribution in [1.29, 1.82) is 0 Å². The Morgan fingerprint density at radius 2 is 1.86 bits per heavy atom. The fourth-order valence-electron chi connectivity index (χ4n) is 6.87. The highest BCUT2D eigenvalue weighted by atomic mass is 19.2. The van der Waals surface area contributed by atoms with Crippen LogP contribution >= 0.6 is 0 Å². The highest BCUT2D eigenvalue weighted by Gasteiger charge is 2.67. The number of hydrogen-bond donors (Lipinski definition) is 1. The summed E-state index contributed by atoms with van der Waals surface area (Å²) < 4.78 is 32.7. The molecule has 4 bridgehead atoms. The summed E-state index contributed by atoms with van der Waals surface area (Å²) in [5.41, 5.74) is -1.60. The van der Waals surface area contributed by atoms with E-state index >= 15 is 8.78 Å². The van der Waals surface area contributed by atoms with Gasteiger partial charge in [-0.15, -0.1) is 0 Å². The predicted molar refractivity (Wildman–Crippen MR) is 105 cm³/mol. The molecule has 4 aliphatic carbocycles. The zero-order chi connectivity index (χ0) is 20.0. The van der Waals surface area contributed by atoms with Crippen molar-refractivity contribution in [3.05, 3.63) is 36.0 Å². The summed E-state index contributed by atoms with van der Waals surface area (Å²) in [6, 6.07) is 7.62. The number of amides is 1. The molecule has 0 radical (unpaired) electrons. The Labute approximate surface area is 168 Å². The molecule has 1 amide bonds. The van der Waals surface area contributed by atoms with Crippen LogP contribution in [0.25, 0.3) is 0 Å². The van der Waals surface area contributed by atoms with Gasteiger partial charge in [0.25, 0.3) is 0 Å². The quantitative estimate of drug-likeness (QED) is 0.774. The van der Waals surface area contributed by atoms with Gasteiger partial charge in [0.1, 0.15) is 17.2 Å². The minimum absolute atomic E-state index is 0.0421. The normalized spacial score (nSPS) is 36.9. The second-order valence-corrected chi connectivity index (χ2v) is 9.77. The first-order valence-corrected chi connectivity index (χ1v) is 10.4. The van der Waals surface area contributed by atoms with Crippen molar-refractivity contribution in [3.8, 4) is 0 Å². The van der Waals surface area contributed by atoms with E-state index < -0.39 is 16.8 Å². The number of fused-ring (bicyclic) bond motifs is 2. The van der Waals surface area contributed by atoms with Crippen LogP contribution in [-0.4, -0.2) is 27.0 Å². The fraction of sp³-hybridized carbons (Fsp3) is 0.545. The van der Waals surface area contributed by atoms with E-state index in [9.17, 15) is 4.79 Å². The Balaban J connectivity index is 1.45. The lowest BCUT2D eigenvalue weighted by atomic mass is 9.47. The van der Waals surface area contributed by atoms with Gasteiger partial charge in [-0.2, -0.15) is 5.10 Å². The molecule has 5 aliphatic rings. The van der Waals surface area contributed by atoms with Crippen LogP contribution < -0.4 is 10.2 Å². The summed E-state index contributed by atoms with van der Waals surface area (Å²) >= 11 is 0. The molecule has 2 heterocycles. The number of benzene rings is 1. The average molecular weight is 398 g/mol. The van der Waals surface area contributed by atoms with Crippen LogP contribution in [-0.2, 0) is 18.4 Å². The topological polar surface area (TPSA) is 50.2 Å². The Morgan fingerprint density at radius 3 is 2.59 bits per heavy atom. The van der Waals surface area contributed by atoms with Gasteiger partial charge in [0.15, 0.2) is 0 Å². The van der Waals surface area contributed by atoms with Crippen molar-refractivity contribution in [1.82, 2.24) is 9.78 Å². The standard InChI is InChI=1S/C22H24F2N4O/c1-27-18-15(9-25-27)10-28(17-5-3-2-4-16(17)26-18)19(29)20-6-14-7-21(23,11-20)13-22(24,8-14)12-20/h2-5,9,14,26H,6-8,10-13H2,1H3/t14?,20?,21-,22+. The van der Waals surface area contributed by atoms with Crippen LogP contribution in [0.4, 0.5) is 26.0 Å². The maximum Gasteiger partial charge on any atom is 0.233 e. The minimum atomic E-state index is -1.55. The second kappa shape index (κ2) is 5.37. The summed E-state index contributed by atoms with van der Waals surface area (Å²) in [7, 11) is 1.85. The second-order valence-electron chi connectivity index (χ2n) is 9.77. The number of halogens is 2. The van der Waals surface area contributed by atoms with Gasteiger partial charge in [-0.25, -0.2) is 8.78 Å². The van der Waals surface area contributed by atoms with E-state index in [0.29, 0.717) is 25.8 Å². The van der Waals surface area contributed by atoms with Gasteiger partial charge < -0.3 is 10.2 Å². The summed E-state index contributed by atoms with van der Waals surface area (Å²) in [5, 5.41) is 7.70. The number of aromatic nitrogens is 2. The SMILES string of the molecule is Cn1ncc2c1Nc1ccccc1N(C(=O)C13CC4C[C@@](F)(C1)C[C@](F)(C4)C3)C2. The number of para-hydroxylation sites is 2. The fourth-order valence-corrected chi connectivity index (χ4v) is 6.87. The Morgan fingerprint density at radius 1 is 1.14 bits per heavy atom. The zero-order valence-electron chi connectivity index (χ0n) is 16.4. The molecule has 7 rings (SSSR count). The third-order valence-electron chi connectivity index (χ3n) is 7.42. The summed E-state index contributed by atoms with van der Waals surface area (Å²) in [4.78, 5) is 15.7. The Kier molecular flexibility index (Phi) is 3.23. The Bertz CT molecular complexity index is 1020. The van der Waals surface area contributed by atoms with Gasteiger partial charge in [-0.3, -0.25) is 9.48 Å². The maximum absolute atomic E-state index is 15.5. The minimum Gasteiger partial charge on any atom is -0.338 e. The van der Waals surface area contributed by atoms with Crippen molar-refractivity contribution in [2.75, 3.05) is 10.2 Å². The molecular weight excluding hydrogens is 374 g/mol. The monoisotopic (exact) mass is 398 g/mol. The Hall–Kier alpha value is -2.44. The maximum atomic E-state index is 15.5. The highest BCUT2D eigenvalue weighted by molar-refractivity contribution is 6.02. The summed E-state index contributed by atoms with van der Waals surface area (Å²) in [6.45, 7) is 0.344. The number of nitrogens with one attached hydrogen (secondary N) is 1. The number of hydrogen-bond acceptors (Lipinski definition) is 3. The highest BCUT2D eigenvalue weighted by Crippen LogP contribution is 2.66. The van der Waals surface area contributed by atoms with E-state index in [1.165, 1.54) is 0 Å². The third kappa shape index (κ3) is 2.42. The molecule has 1 aliphatic heterocycles. The molecule has 29 heavy (non-hydrogen) atoms. The van der Waals surface area contributed by atoms with Gasteiger partial charge in [0.05, 0.1) is 29.5 Å². The molecule has 1 aromatic carbocycles. The van der Waals surface area contributed by atoms with Gasteiger partial charge >= 0.3 is 0 Å². The largest absolute Gasteiger partial charge is 0.338 e. The molecule has 1 aromatic heterocycles. The van der Waals surface area contributed by atoms with Crippen LogP contribution in [0.3, 0.4) is 0 Å². The summed E-state index contributed by atoms with van der Waals surface area (Å²) in [5.74, 6) is 0.651. The number of nitrogens with zero attached hydrogens (tertiary/aromatic N) is 3. The van der Waals surface area contributed by atoms with Crippen molar-refractivity contribution >= 4 is 23.1 Å². The van der Waals surface area contributed by atoms with E-state index in [0.717, 1.165) is 22.8 Å². The number of carbonyl (C=O) groups is 1. The smallest absolute Gasteiger partial charge is 0.233 e. The molecule has 2 aromatic rings. The van der Waals surface area contributed by atoms with Crippen LogP contribution in [0.5, 0.6) is 0 Å².